The summed E-state index contributed by atoms with van der Waals surface area (Å²) in [5.74, 6) is -2.72. The van der Waals surface area contributed by atoms with Crippen molar-refractivity contribution >= 4 is 42.9 Å². The van der Waals surface area contributed by atoms with Crippen LogP contribution in [0, 0.1) is 0 Å². The molecule has 0 unspecified atom stereocenters. The molecule has 0 amide bonds. The third-order valence-electron chi connectivity index (χ3n) is 3.64. The number of hydrogen-bond donors (Lipinski definition) is 0. The molecule has 0 saturated carbocycles. The molecule has 16 heteroatoms. The molecule has 32 heavy (non-hydrogen) atoms. The van der Waals surface area contributed by atoms with Gasteiger partial charge < -0.3 is 8.37 Å². The molecule has 0 fully saturated rings. The molecule has 3 aromatic rings. The van der Waals surface area contributed by atoms with Gasteiger partial charge in [-0.15, -0.1) is 22.7 Å². The molecule has 0 aliphatic heterocycles. The van der Waals surface area contributed by atoms with Crippen LogP contribution >= 0.6 is 22.7 Å². The van der Waals surface area contributed by atoms with Crippen LogP contribution in [-0.4, -0.2) is 27.9 Å². The van der Waals surface area contributed by atoms with E-state index in [9.17, 15) is 43.2 Å². The average molecular weight is 538 g/mol. The first kappa shape index (κ1) is 24.3. The molecule has 0 aliphatic rings. The summed E-state index contributed by atoms with van der Waals surface area (Å²) in [5, 5.41) is 2.88. The van der Waals surface area contributed by atoms with E-state index in [2.05, 4.69) is 8.37 Å². The van der Waals surface area contributed by atoms with Crippen LogP contribution in [0.2, 0.25) is 0 Å². The molecule has 3 rings (SSSR count). The van der Waals surface area contributed by atoms with Gasteiger partial charge in [-0.25, -0.2) is 0 Å². The molecule has 0 spiro atoms. The Morgan fingerprint density at radius 2 is 0.969 bits per heavy atom. The highest BCUT2D eigenvalue weighted by Crippen LogP contribution is 2.49. The van der Waals surface area contributed by atoms with Crippen LogP contribution in [0.3, 0.4) is 0 Å². The van der Waals surface area contributed by atoms with Gasteiger partial charge in [0, 0.05) is 20.9 Å². The Morgan fingerprint density at radius 1 is 0.625 bits per heavy atom. The van der Waals surface area contributed by atoms with Crippen molar-refractivity contribution in [1.82, 2.24) is 0 Å². The van der Waals surface area contributed by atoms with Crippen molar-refractivity contribution in [2.45, 2.75) is 11.0 Å². The monoisotopic (exact) mass is 538 g/mol. The van der Waals surface area contributed by atoms with E-state index in [1.54, 1.807) is 0 Å². The van der Waals surface area contributed by atoms with Gasteiger partial charge >= 0.3 is 31.3 Å². The molecule has 0 saturated heterocycles. The van der Waals surface area contributed by atoms with E-state index in [-0.39, 0.29) is 9.75 Å². The van der Waals surface area contributed by atoms with Crippen LogP contribution in [-0.2, 0) is 20.2 Å². The van der Waals surface area contributed by atoms with Gasteiger partial charge in [-0.1, -0.05) is 12.1 Å². The van der Waals surface area contributed by atoms with Gasteiger partial charge in [-0.05, 0) is 35.0 Å². The van der Waals surface area contributed by atoms with Crippen molar-refractivity contribution in [2.75, 3.05) is 0 Å². The van der Waals surface area contributed by atoms with Crippen molar-refractivity contribution < 1.29 is 51.5 Å². The molecule has 0 N–H and O–H groups in total. The highest BCUT2D eigenvalue weighted by molar-refractivity contribution is 7.88. The Hall–Kier alpha value is -2.30. The molecule has 0 bridgehead atoms. The van der Waals surface area contributed by atoms with E-state index in [0.29, 0.717) is 0 Å². The Kier molecular flexibility index (Phi) is 6.27. The van der Waals surface area contributed by atoms with Crippen molar-refractivity contribution in [3.63, 3.8) is 0 Å². The second-order valence-corrected chi connectivity index (χ2v) is 10.7. The zero-order chi connectivity index (χ0) is 23.9. The van der Waals surface area contributed by atoms with Crippen molar-refractivity contribution in [3.8, 4) is 32.4 Å². The van der Waals surface area contributed by atoms with Gasteiger partial charge in [0.15, 0.2) is 11.5 Å². The first-order valence-corrected chi connectivity index (χ1v) is 12.5. The number of hydrogen-bond acceptors (Lipinski definition) is 8. The third kappa shape index (κ3) is 4.72. The number of alkyl halides is 6. The quantitative estimate of drug-likeness (QED) is 0.231. The smallest absolute Gasteiger partial charge is 0.371 e. The molecular weight excluding hydrogens is 530 g/mol. The van der Waals surface area contributed by atoms with Crippen LogP contribution in [0.4, 0.5) is 26.3 Å². The molecule has 6 nitrogen and oxygen atoms in total. The zero-order valence-corrected chi connectivity index (χ0v) is 18.2. The first-order chi connectivity index (χ1) is 14.6. The molecule has 0 radical (unpaired) electrons. The standard InChI is InChI=1S/C16H8F6O6S4/c17-15(18,19)31(23,24)27-13-9(11-3-1-7-29-11)5-6-10(12-4-2-8-30-12)14(13)28-32(25,26)16(20,21)22/h1-8H. The van der Waals surface area contributed by atoms with Gasteiger partial charge in [-0.3, -0.25) is 0 Å². The Morgan fingerprint density at radius 3 is 1.22 bits per heavy atom. The molecular formula is C16H8F6O6S4. The highest BCUT2D eigenvalue weighted by atomic mass is 32.2. The summed E-state index contributed by atoms with van der Waals surface area (Å²) >= 11 is 1.76. The molecule has 0 aliphatic carbocycles. The Labute approximate surface area is 184 Å². The number of benzene rings is 1. The molecule has 2 aromatic heterocycles. The molecule has 174 valence electrons. The topological polar surface area (TPSA) is 86.7 Å². The Balaban J connectivity index is 2.37. The normalized spacial score (nSPS) is 13.2. The van der Waals surface area contributed by atoms with Crippen molar-refractivity contribution in [1.29, 1.82) is 0 Å². The minimum atomic E-state index is -6.41. The number of rotatable bonds is 6. The summed E-state index contributed by atoms with van der Waals surface area (Å²) in [4.78, 5) is 0.147. The number of halogens is 6. The lowest BCUT2D eigenvalue weighted by Crippen LogP contribution is -2.30. The van der Waals surface area contributed by atoms with E-state index >= 15 is 0 Å². The summed E-state index contributed by atoms with van der Waals surface area (Å²) in [6, 6.07) is 7.61. The summed E-state index contributed by atoms with van der Waals surface area (Å²) in [7, 11) is -12.8. The summed E-state index contributed by atoms with van der Waals surface area (Å²) in [6.45, 7) is 0. The van der Waals surface area contributed by atoms with E-state index in [1.165, 1.54) is 35.0 Å². The van der Waals surface area contributed by atoms with Crippen LogP contribution in [0.5, 0.6) is 11.5 Å². The Bertz CT molecular complexity index is 1210. The third-order valence-corrected chi connectivity index (χ3v) is 7.35. The molecule has 1 aromatic carbocycles. The zero-order valence-electron chi connectivity index (χ0n) is 15.0. The maximum absolute atomic E-state index is 13.0. The van der Waals surface area contributed by atoms with Crippen molar-refractivity contribution in [2.24, 2.45) is 0 Å². The largest absolute Gasteiger partial charge is 0.534 e. The maximum atomic E-state index is 13.0. The van der Waals surface area contributed by atoms with Gasteiger partial charge in [0.2, 0.25) is 0 Å². The van der Waals surface area contributed by atoms with E-state index in [4.69, 9.17) is 0 Å². The average Bonchev–Trinajstić information content (AvgIpc) is 3.34. The lowest BCUT2D eigenvalue weighted by atomic mass is 10.1. The SMILES string of the molecule is O=S(=O)(Oc1c(-c2cccs2)ccc(-c2cccs2)c1OS(=O)(=O)C(F)(F)F)C(F)(F)F. The minimum Gasteiger partial charge on any atom is -0.371 e. The van der Waals surface area contributed by atoms with Crippen molar-refractivity contribution in [3.05, 3.63) is 47.2 Å². The highest BCUT2D eigenvalue weighted by Gasteiger charge is 2.51. The minimum absolute atomic E-state index is 0.0735. The fourth-order valence-corrected chi connectivity index (χ4v) is 4.75. The summed E-state index contributed by atoms with van der Waals surface area (Å²) in [6.07, 6.45) is 0. The van der Waals surface area contributed by atoms with Gasteiger partial charge in [0.1, 0.15) is 0 Å². The molecule has 0 atom stereocenters. The summed E-state index contributed by atoms with van der Waals surface area (Å²) < 4.78 is 133. The van der Waals surface area contributed by atoms with Crippen LogP contribution in [0.1, 0.15) is 0 Å². The fourth-order valence-electron chi connectivity index (χ4n) is 2.29. The van der Waals surface area contributed by atoms with Gasteiger partial charge in [0.05, 0.1) is 0 Å². The first-order valence-electron chi connectivity index (χ1n) is 7.90. The fraction of sp³-hybridized carbons (Fsp3) is 0.125. The van der Waals surface area contributed by atoms with Crippen LogP contribution in [0.15, 0.2) is 47.2 Å². The van der Waals surface area contributed by atoms with E-state index < -0.39 is 53.9 Å². The van der Waals surface area contributed by atoms with E-state index in [1.807, 2.05) is 0 Å². The lowest BCUT2D eigenvalue weighted by molar-refractivity contribution is -0.0512. The van der Waals surface area contributed by atoms with E-state index in [0.717, 1.165) is 34.8 Å². The summed E-state index contributed by atoms with van der Waals surface area (Å²) in [5.41, 5.74) is -12.8. The van der Waals surface area contributed by atoms with Gasteiger partial charge in [-0.2, -0.15) is 43.2 Å². The second kappa shape index (κ2) is 8.24. The maximum Gasteiger partial charge on any atom is 0.534 e. The lowest BCUT2D eigenvalue weighted by Gasteiger charge is -2.19. The van der Waals surface area contributed by atoms with Crippen LogP contribution in [0.25, 0.3) is 20.9 Å². The second-order valence-electron chi connectivity index (χ2n) is 5.74. The molecule has 2 heterocycles. The van der Waals surface area contributed by atoms with Gasteiger partial charge in [0.25, 0.3) is 0 Å². The van der Waals surface area contributed by atoms with Crippen LogP contribution < -0.4 is 8.37 Å². The number of thiophene rings is 2. The predicted octanol–water partition coefficient (Wildman–Crippen LogP) is 5.60. The predicted molar refractivity (Wildman–Crippen MR) is 104 cm³/mol.